The molecule has 32 heavy (non-hydrogen) atoms. The van der Waals surface area contributed by atoms with Gasteiger partial charge < -0.3 is 9.32 Å². The van der Waals surface area contributed by atoms with E-state index in [9.17, 15) is 19.2 Å². The molecule has 1 saturated heterocycles. The molecule has 1 saturated carbocycles. The van der Waals surface area contributed by atoms with Gasteiger partial charge >= 0.3 is 18.0 Å². The molecular formula is C21H32N5O5S+. The highest BCUT2D eigenvalue weighted by atomic mass is 32.2. The maximum Gasteiger partial charge on any atom is 0.520 e. The van der Waals surface area contributed by atoms with Gasteiger partial charge in [-0.15, -0.1) is 0 Å². The number of ketones is 1. The second-order valence-electron chi connectivity index (χ2n) is 8.76. The van der Waals surface area contributed by atoms with Gasteiger partial charge in [0.15, 0.2) is 0 Å². The largest absolute Gasteiger partial charge is 0.520 e. The zero-order valence-electron chi connectivity index (χ0n) is 19.0. The maximum absolute atomic E-state index is 12.9. The Morgan fingerprint density at radius 2 is 1.97 bits per heavy atom. The van der Waals surface area contributed by atoms with Crippen molar-refractivity contribution in [1.82, 2.24) is 20.2 Å². The monoisotopic (exact) mass is 466 g/mol. The molecule has 176 valence electrons. The lowest BCUT2D eigenvalue weighted by Gasteiger charge is -2.17. The van der Waals surface area contributed by atoms with E-state index in [1.165, 1.54) is 16.2 Å². The van der Waals surface area contributed by atoms with Crippen molar-refractivity contribution >= 4 is 35.5 Å². The van der Waals surface area contributed by atoms with Gasteiger partial charge in [0.2, 0.25) is 11.7 Å². The van der Waals surface area contributed by atoms with Gasteiger partial charge in [0.05, 0.1) is 6.04 Å². The summed E-state index contributed by atoms with van der Waals surface area (Å²) >= 11 is 1.16. The van der Waals surface area contributed by atoms with Crippen LogP contribution in [0.5, 0.6) is 0 Å². The summed E-state index contributed by atoms with van der Waals surface area (Å²) in [6.45, 7) is 4.31. The number of likely N-dealkylation sites (N-methyl/N-ethyl adjacent to an activating group) is 1. The number of nitrogens with zero attached hydrogens (tertiary/aromatic N) is 4. The van der Waals surface area contributed by atoms with E-state index in [0.717, 1.165) is 42.1 Å². The molecule has 0 radical (unpaired) electrons. The molecule has 2 heterocycles. The summed E-state index contributed by atoms with van der Waals surface area (Å²) in [6.07, 6.45) is 6.07. The minimum absolute atomic E-state index is 0.0678. The van der Waals surface area contributed by atoms with Crippen LogP contribution in [-0.4, -0.2) is 70.6 Å². The average molecular weight is 467 g/mol. The Labute approximate surface area is 192 Å². The smallest absolute Gasteiger partial charge is 0.390 e. The van der Waals surface area contributed by atoms with Gasteiger partial charge in [-0.05, 0) is 47.8 Å². The Bertz CT molecular complexity index is 865. The van der Waals surface area contributed by atoms with Crippen LogP contribution in [-0.2, 0) is 4.79 Å². The summed E-state index contributed by atoms with van der Waals surface area (Å²) < 4.78 is 6.69. The number of carbonyl (C=O) groups is 4. The van der Waals surface area contributed by atoms with Gasteiger partial charge in [0.25, 0.3) is 5.22 Å². The summed E-state index contributed by atoms with van der Waals surface area (Å²) in [6, 6.07) is -0.735. The first-order valence-corrected chi connectivity index (χ1v) is 12.2. The molecule has 1 aliphatic heterocycles. The normalized spacial score (nSPS) is 17.5. The number of thioether (sulfide) groups is 1. The molecular weight excluding hydrogens is 434 g/mol. The number of hydrogen-bond donors (Lipinski definition) is 1. The Hall–Kier alpha value is -2.43. The lowest BCUT2D eigenvalue weighted by molar-refractivity contribution is -0.640. The van der Waals surface area contributed by atoms with Crippen LogP contribution in [0.1, 0.15) is 69.5 Å². The molecule has 1 aromatic rings. The zero-order chi connectivity index (χ0) is 23.3. The van der Waals surface area contributed by atoms with E-state index in [4.69, 9.17) is 4.42 Å². The number of imide groups is 1. The van der Waals surface area contributed by atoms with Crippen LogP contribution in [0.4, 0.5) is 9.59 Å². The summed E-state index contributed by atoms with van der Waals surface area (Å²) in [5.74, 6) is 0.0687. The standard InChI is InChI=1S/C21H31N5O5S/c1-14(2)9-10-16(27)18-26(19(29)22-15-7-5-4-6-8-15)23-20(31-18)32-12-11-25-17(28)13-24(3)21(25)30/h14-15H,4-13H2,1-3H3/p+1. The third kappa shape index (κ3) is 6.08. The van der Waals surface area contributed by atoms with Gasteiger partial charge in [-0.25, -0.2) is 10.1 Å². The lowest BCUT2D eigenvalue weighted by atomic mass is 9.96. The highest BCUT2D eigenvalue weighted by molar-refractivity contribution is 7.99. The number of urea groups is 1. The number of rotatable bonds is 9. The summed E-state index contributed by atoms with van der Waals surface area (Å²) in [4.78, 5) is 52.0. The number of amides is 4. The second-order valence-corrected chi connectivity index (χ2v) is 9.80. The van der Waals surface area contributed by atoms with Crippen molar-refractivity contribution in [3.63, 3.8) is 0 Å². The third-order valence-corrected chi connectivity index (χ3v) is 6.44. The number of hydrogen-bond acceptors (Lipinski definition) is 7. The van der Waals surface area contributed by atoms with E-state index in [1.54, 1.807) is 7.05 Å². The third-order valence-electron chi connectivity index (χ3n) is 5.64. The van der Waals surface area contributed by atoms with Gasteiger partial charge in [-0.3, -0.25) is 14.5 Å². The Morgan fingerprint density at radius 3 is 2.59 bits per heavy atom. The molecule has 10 nitrogen and oxygen atoms in total. The predicted octanol–water partition coefficient (Wildman–Crippen LogP) is 2.46. The fourth-order valence-electron chi connectivity index (χ4n) is 3.77. The second kappa shape index (κ2) is 10.9. The van der Waals surface area contributed by atoms with E-state index >= 15 is 0 Å². The minimum atomic E-state index is -0.466. The van der Waals surface area contributed by atoms with Crippen molar-refractivity contribution in [2.75, 3.05) is 25.9 Å². The first-order valence-electron chi connectivity index (χ1n) is 11.2. The van der Waals surface area contributed by atoms with Crippen LogP contribution in [0, 0.1) is 5.92 Å². The van der Waals surface area contributed by atoms with Crippen molar-refractivity contribution in [3.8, 4) is 0 Å². The molecule has 2 aliphatic rings. The van der Waals surface area contributed by atoms with Gasteiger partial charge in [0.1, 0.15) is 6.54 Å². The Kier molecular flexibility index (Phi) is 8.27. The molecule has 0 atom stereocenters. The number of Topliss-reactive ketones (excluding diaryl/α,β-unsaturated/α-hetero) is 1. The molecule has 1 N–H and O–H groups in total. The minimum Gasteiger partial charge on any atom is -0.390 e. The van der Waals surface area contributed by atoms with Crippen molar-refractivity contribution in [3.05, 3.63) is 5.89 Å². The molecule has 1 aliphatic carbocycles. The van der Waals surface area contributed by atoms with Crippen LogP contribution in [0.25, 0.3) is 0 Å². The van der Waals surface area contributed by atoms with Crippen LogP contribution >= 0.6 is 11.8 Å². The molecule has 2 fully saturated rings. The van der Waals surface area contributed by atoms with Crippen molar-refractivity contribution in [1.29, 1.82) is 0 Å². The van der Waals surface area contributed by atoms with E-state index < -0.39 is 6.03 Å². The van der Waals surface area contributed by atoms with Crippen LogP contribution in [0.2, 0.25) is 0 Å². The van der Waals surface area contributed by atoms with Crippen LogP contribution < -0.4 is 10.00 Å². The highest BCUT2D eigenvalue weighted by Crippen LogP contribution is 2.20. The van der Waals surface area contributed by atoms with Crippen molar-refractivity contribution in [2.24, 2.45) is 5.92 Å². The summed E-state index contributed by atoms with van der Waals surface area (Å²) in [7, 11) is 1.57. The van der Waals surface area contributed by atoms with E-state index in [2.05, 4.69) is 10.4 Å². The van der Waals surface area contributed by atoms with E-state index in [1.807, 2.05) is 13.8 Å². The Balaban J connectivity index is 1.68. The van der Waals surface area contributed by atoms with Gasteiger partial charge in [0, 0.05) is 25.8 Å². The number of nitrogens with one attached hydrogen (secondary N) is 1. The van der Waals surface area contributed by atoms with Crippen LogP contribution in [0.3, 0.4) is 0 Å². The van der Waals surface area contributed by atoms with E-state index in [-0.39, 0.29) is 54.4 Å². The number of aromatic nitrogens is 2. The molecule has 0 spiro atoms. The average Bonchev–Trinajstić information content (AvgIpc) is 3.29. The summed E-state index contributed by atoms with van der Waals surface area (Å²) in [5.41, 5.74) is 0. The Morgan fingerprint density at radius 1 is 1.25 bits per heavy atom. The zero-order valence-corrected chi connectivity index (χ0v) is 19.8. The molecule has 3 rings (SSSR count). The van der Waals surface area contributed by atoms with Gasteiger partial charge in [-0.1, -0.05) is 32.0 Å². The van der Waals surface area contributed by atoms with Crippen LogP contribution in [0.15, 0.2) is 9.64 Å². The first kappa shape index (κ1) is 24.2. The fourth-order valence-corrected chi connectivity index (χ4v) is 4.49. The SMILES string of the molecule is CC(C)CCC(=O)c1oc(SCCN2C(=O)CN(C)C2=O)n[n+]1C(=O)NC1CCCCC1. The summed E-state index contributed by atoms with van der Waals surface area (Å²) in [5, 5.41) is 7.34. The molecule has 0 bridgehead atoms. The fraction of sp³-hybridized carbons (Fsp3) is 0.714. The number of carbonyl (C=O) groups excluding carboxylic acids is 4. The molecule has 11 heteroatoms. The van der Waals surface area contributed by atoms with E-state index in [0.29, 0.717) is 18.1 Å². The predicted molar refractivity (Wildman–Crippen MR) is 116 cm³/mol. The maximum atomic E-state index is 12.9. The topological polar surface area (TPSA) is 117 Å². The molecule has 0 unspecified atom stereocenters. The molecule has 1 aromatic heterocycles. The first-order chi connectivity index (χ1) is 15.3. The lowest BCUT2D eigenvalue weighted by Crippen LogP contribution is -2.57. The quantitative estimate of drug-likeness (QED) is 0.257. The van der Waals surface area contributed by atoms with Gasteiger partial charge in [-0.2, -0.15) is 4.79 Å². The van der Waals surface area contributed by atoms with Crippen molar-refractivity contribution in [2.45, 2.75) is 70.1 Å². The van der Waals surface area contributed by atoms with Crippen molar-refractivity contribution < 1.29 is 28.3 Å². The highest BCUT2D eigenvalue weighted by Gasteiger charge is 2.35. The molecule has 0 aromatic carbocycles. The molecule has 4 amide bonds.